The molecule has 1 saturated carbocycles. The summed E-state index contributed by atoms with van der Waals surface area (Å²) in [7, 11) is 0. The molecular formula is C16H18BrNO2. The van der Waals surface area contributed by atoms with E-state index in [9.17, 15) is 9.90 Å². The summed E-state index contributed by atoms with van der Waals surface area (Å²) < 4.78 is 0.986. The molecule has 1 N–H and O–H groups in total. The van der Waals surface area contributed by atoms with Crippen molar-refractivity contribution in [2.24, 2.45) is 5.92 Å². The summed E-state index contributed by atoms with van der Waals surface area (Å²) in [6.07, 6.45) is 5.61. The lowest BCUT2D eigenvalue weighted by Gasteiger charge is -2.46. The highest BCUT2D eigenvalue weighted by Gasteiger charge is 2.52. The minimum Gasteiger partial charge on any atom is -0.386 e. The number of hydrogen-bond donors (Lipinski definition) is 1. The number of nitrogens with zero attached hydrogens (tertiary/aromatic N) is 1. The van der Waals surface area contributed by atoms with Gasteiger partial charge in [0.05, 0.1) is 13.1 Å². The molecule has 1 aromatic rings. The van der Waals surface area contributed by atoms with E-state index in [1.54, 1.807) is 11.0 Å². The first-order valence-corrected chi connectivity index (χ1v) is 7.73. The number of carbonyl (C=O) groups is 1. The molecule has 1 aliphatic heterocycles. The summed E-state index contributed by atoms with van der Waals surface area (Å²) in [5.74, 6) is 0.393. The fourth-order valence-electron chi connectivity index (χ4n) is 2.68. The summed E-state index contributed by atoms with van der Waals surface area (Å²) in [6, 6.07) is 6.03. The Bertz CT molecular complexity index is 572. The normalized spacial score (nSPS) is 21.1. The van der Waals surface area contributed by atoms with E-state index in [0.29, 0.717) is 19.0 Å². The minimum absolute atomic E-state index is 0.0252. The number of amides is 1. The molecule has 4 heteroatoms. The van der Waals surface area contributed by atoms with Crippen molar-refractivity contribution in [3.8, 4) is 0 Å². The highest BCUT2D eigenvalue weighted by atomic mass is 79.9. The number of β-amino-alcohol motifs (C(OH)–C–C–N with tert-alkyl or cyclic N) is 1. The van der Waals surface area contributed by atoms with Crippen molar-refractivity contribution in [3.05, 3.63) is 39.9 Å². The van der Waals surface area contributed by atoms with E-state index in [2.05, 4.69) is 15.9 Å². The van der Waals surface area contributed by atoms with E-state index in [-0.39, 0.29) is 5.91 Å². The van der Waals surface area contributed by atoms with Gasteiger partial charge < -0.3 is 10.0 Å². The maximum absolute atomic E-state index is 12.0. The van der Waals surface area contributed by atoms with E-state index in [1.165, 1.54) is 5.56 Å². The average Bonchev–Trinajstić information content (AvgIpc) is 3.18. The van der Waals surface area contributed by atoms with Gasteiger partial charge >= 0.3 is 0 Å². The van der Waals surface area contributed by atoms with Crippen molar-refractivity contribution in [1.29, 1.82) is 0 Å². The Balaban J connectivity index is 1.60. The molecule has 0 unspecified atom stereocenters. The molecule has 1 aliphatic carbocycles. The third-order valence-corrected chi connectivity index (χ3v) is 4.83. The molecule has 0 spiro atoms. The quantitative estimate of drug-likeness (QED) is 0.863. The van der Waals surface area contributed by atoms with Gasteiger partial charge in [0.1, 0.15) is 5.60 Å². The lowest BCUT2D eigenvalue weighted by atomic mass is 9.88. The molecule has 0 atom stereocenters. The molecule has 20 heavy (non-hydrogen) atoms. The zero-order chi connectivity index (χ0) is 14.3. The molecule has 3 nitrogen and oxygen atoms in total. The molecular weight excluding hydrogens is 318 g/mol. The van der Waals surface area contributed by atoms with Gasteiger partial charge in [0, 0.05) is 10.5 Å². The van der Waals surface area contributed by atoms with E-state index in [4.69, 9.17) is 0 Å². The molecule has 1 heterocycles. The molecule has 1 amide bonds. The van der Waals surface area contributed by atoms with Crippen molar-refractivity contribution < 1.29 is 9.90 Å². The van der Waals surface area contributed by atoms with Crippen molar-refractivity contribution in [3.63, 3.8) is 0 Å². The standard InChI is InChI=1S/C16H18BrNO2/c1-11-2-3-12(14(17)8-11)4-7-15(19)18-9-16(20,10-18)13-5-6-13/h2-4,7-8,13,20H,5-6,9-10H2,1H3. The number of halogens is 1. The summed E-state index contributed by atoms with van der Waals surface area (Å²) in [5, 5.41) is 10.2. The summed E-state index contributed by atoms with van der Waals surface area (Å²) in [4.78, 5) is 13.7. The number of benzene rings is 1. The van der Waals surface area contributed by atoms with Crippen molar-refractivity contribution in [2.45, 2.75) is 25.4 Å². The molecule has 3 rings (SSSR count). The molecule has 2 fully saturated rings. The van der Waals surface area contributed by atoms with Gasteiger partial charge in [-0.25, -0.2) is 0 Å². The molecule has 0 radical (unpaired) electrons. The molecule has 1 saturated heterocycles. The number of rotatable bonds is 3. The van der Waals surface area contributed by atoms with Crippen LogP contribution in [0.4, 0.5) is 0 Å². The van der Waals surface area contributed by atoms with Gasteiger partial charge in [-0.2, -0.15) is 0 Å². The Kier molecular flexibility index (Phi) is 3.46. The third-order valence-electron chi connectivity index (χ3n) is 4.14. The Morgan fingerprint density at radius 2 is 2.15 bits per heavy atom. The lowest BCUT2D eigenvalue weighted by molar-refractivity contribution is -0.154. The second-order valence-corrected chi connectivity index (χ2v) is 6.78. The Hall–Kier alpha value is -1.13. The van der Waals surface area contributed by atoms with Crippen molar-refractivity contribution >= 4 is 27.9 Å². The van der Waals surface area contributed by atoms with Gasteiger partial charge in [-0.1, -0.05) is 28.1 Å². The molecule has 1 aromatic carbocycles. The maximum Gasteiger partial charge on any atom is 0.246 e. The van der Waals surface area contributed by atoms with Crippen LogP contribution >= 0.6 is 15.9 Å². The van der Waals surface area contributed by atoms with Gasteiger partial charge in [0.25, 0.3) is 0 Å². The summed E-state index contributed by atoms with van der Waals surface area (Å²) in [6.45, 7) is 2.99. The molecule has 0 aromatic heterocycles. The number of hydrogen-bond acceptors (Lipinski definition) is 2. The van der Waals surface area contributed by atoms with Crippen LogP contribution in [0.25, 0.3) is 6.08 Å². The highest BCUT2D eigenvalue weighted by Crippen LogP contribution is 2.44. The summed E-state index contributed by atoms with van der Waals surface area (Å²) >= 11 is 3.49. The number of aliphatic hydroxyl groups is 1. The van der Waals surface area contributed by atoms with Gasteiger partial charge in [-0.05, 0) is 49.0 Å². The van der Waals surface area contributed by atoms with Gasteiger partial charge in [-0.3, -0.25) is 4.79 Å². The van der Waals surface area contributed by atoms with Crippen LogP contribution in [-0.4, -0.2) is 34.6 Å². The first-order valence-electron chi connectivity index (χ1n) is 6.93. The van der Waals surface area contributed by atoms with Gasteiger partial charge in [0.2, 0.25) is 5.91 Å². The predicted octanol–water partition coefficient (Wildman–Crippen LogP) is 2.75. The number of likely N-dealkylation sites (tertiary alicyclic amines) is 1. The van der Waals surface area contributed by atoms with Crippen LogP contribution in [0.2, 0.25) is 0 Å². The number of carbonyl (C=O) groups excluding carboxylic acids is 1. The molecule has 106 valence electrons. The highest BCUT2D eigenvalue weighted by molar-refractivity contribution is 9.10. The molecule has 2 aliphatic rings. The first-order chi connectivity index (χ1) is 9.48. The third kappa shape index (κ3) is 2.67. The lowest BCUT2D eigenvalue weighted by Crippen LogP contribution is -2.64. The van der Waals surface area contributed by atoms with Crippen LogP contribution < -0.4 is 0 Å². The second kappa shape index (κ2) is 5.01. The predicted molar refractivity (Wildman–Crippen MR) is 82.2 cm³/mol. The fourth-order valence-corrected chi connectivity index (χ4v) is 3.31. The zero-order valence-corrected chi connectivity index (χ0v) is 13.1. The van der Waals surface area contributed by atoms with Crippen LogP contribution in [0.3, 0.4) is 0 Å². The largest absolute Gasteiger partial charge is 0.386 e. The van der Waals surface area contributed by atoms with Gasteiger partial charge in [0.15, 0.2) is 0 Å². The van der Waals surface area contributed by atoms with Crippen molar-refractivity contribution in [1.82, 2.24) is 4.90 Å². The van der Waals surface area contributed by atoms with E-state index in [1.807, 2.05) is 31.2 Å². The Labute approximate surface area is 127 Å². The second-order valence-electron chi connectivity index (χ2n) is 5.93. The maximum atomic E-state index is 12.0. The Morgan fingerprint density at radius 3 is 2.75 bits per heavy atom. The van der Waals surface area contributed by atoms with Crippen LogP contribution in [0.5, 0.6) is 0 Å². The fraction of sp³-hybridized carbons (Fsp3) is 0.438. The van der Waals surface area contributed by atoms with Crippen LogP contribution in [0.15, 0.2) is 28.7 Å². The average molecular weight is 336 g/mol. The van der Waals surface area contributed by atoms with Crippen LogP contribution in [-0.2, 0) is 4.79 Å². The topological polar surface area (TPSA) is 40.5 Å². The van der Waals surface area contributed by atoms with Crippen LogP contribution in [0, 0.1) is 12.8 Å². The van der Waals surface area contributed by atoms with Crippen molar-refractivity contribution in [2.75, 3.05) is 13.1 Å². The molecule has 0 bridgehead atoms. The van der Waals surface area contributed by atoms with E-state index >= 15 is 0 Å². The van der Waals surface area contributed by atoms with Crippen LogP contribution in [0.1, 0.15) is 24.0 Å². The minimum atomic E-state index is -0.603. The SMILES string of the molecule is Cc1ccc(C=CC(=O)N2CC(O)(C3CC3)C2)c(Br)c1. The van der Waals surface area contributed by atoms with E-state index in [0.717, 1.165) is 22.9 Å². The number of aryl methyl sites for hydroxylation is 1. The van der Waals surface area contributed by atoms with Gasteiger partial charge in [-0.15, -0.1) is 0 Å². The first kappa shape index (κ1) is 13.8. The summed E-state index contributed by atoms with van der Waals surface area (Å²) in [5.41, 5.74) is 1.56. The Morgan fingerprint density at radius 1 is 1.45 bits per heavy atom. The van der Waals surface area contributed by atoms with E-state index < -0.39 is 5.60 Å². The monoisotopic (exact) mass is 335 g/mol. The zero-order valence-electron chi connectivity index (χ0n) is 11.5. The smallest absolute Gasteiger partial charge is 0.246 e.